The summed E-state index contributed by atoms with van der Waals surface area (Å²) in [5.74, 6) is 0. The van der Waals surface area contributed by atoms with Crippen LogP contribution in [0.15, 0.2) is 53.7 Å². The van der Waals surface area contributed by atoms with E-state index in [-0.39, 0.29) is 12.4 Å². The molecule has 0 atom stereocenters. The fourth-order valence-corrected chi connectivity index (χ4v) is 5.55. The highest BCUT2D eigenvalue weighted by Crippen LogP contribution is 2.37. The molecule has 0 N–H and O–H groups in total. The molecule has 28 heavy (non-hydrogen) atoms. The van der Waals surface area contributed by atoms with Crippen molar-refractivity contribution in [2.45, 2.75) is 29.5 Å². The summed E-state index contributed by atoms with van der Waals surface area (Å²) < 4.78 is 0. The summed E-state index contributed by atoms with van der Waals surface area (Å²) in [7, 11) is 0. The maximum Gasteiger partial charge on any atom is 0.0548 e. The fourth-order valence-electron chi connectivity index (χ4n) is 3.50. The van der Waals surface area contributed by atoms with Crippen molar-refractivity contribution in [2.24, 2.45) is 0 Å². The lowest BCUT2D eigenvalue weighted by atomic mass is 10.1. The van der Waals surface area contributed by atoms with Gasteiger partial charge in [-0.25, -0.2) is 0 Å². The second kappa shape index (κ2) is 9.88. The van der Waals surface area contributed by atoms with Gasteiger partial charge in [-0.1, -0.05) is 34.8 Å². The van der Waals surface area contributed by atoms with Crippen LogP contribution in [0.25, 0.3) is 10.8 Å². The summed E-state index contributed by atoms with van der Waals surface area (Å²) in [5, 5.41) is 5.07. The van der Waals surface area contributed by atoms with Crippen LogP contribution in [-0.2, 0) is 6.54 Å². The van der Waals surface area contributed by atoms with Crippen LogP contribution >= 0.6 is 59.0 Å². The van der Waals surface area contributed by atoms with E-state index in [0.717, 1.165) is 47.8 Å². The van der Waals surface area contributed by atoms with Crippen molar-refractivity contribution < 1.29 is 0 Å². The number of pyridine rings is 1. The number of rotatable bonds is 4. The molecule has 1 aromatic heterocycles. The Morgan fingerprint density at radius 3 is 2.39 bits per heavy atom. The van der Waals surface area contributed by atoms with E-state index < -0.39 is 0 Å². The summed E-state index contributed by atoms with van der Waals surface area (Å²) >= 11 is 20.6. The predicted octanol–water partition coefficient (Wildman–Crippen LogP) is 7.37. The van der Waals surface area contributed by atoms with Crippen LogP contribution in [0.5, 0.6) is 0 Å². The molecule has 0 radical (unpaired) electrons. The Bertz CT molecular complexity index is 938. The van der Waals surface area contributed by atoms with Crippen molar-refractivity contribution >= 4 is 69.7 Å². The van der Waals surface area contributed by atoms with Gasteiger partial charge in [0.15, 0.2) is 0 Å². The molecule has 1 aliphatic heterocycles. The molecule has 4 rings (SSSR count). The van der Waals surface area contributed by atoms with Gasteiger partial charge in [0.2, 0.25) is 0 Å². The molecule has 7 heteroatoms. The number of piperidine rings is 1. The average molecular weight is 474 g/mol. The van der Waals surface area contributed by atoms with Gasteiger partial charge in [0, 0.05) is 44.5 Å². The highest BCUT2D eigenvalue weighted by molar-refractivity contribution is 8.00. The highest BCUT2D eigenvalue weighted by Gasteiger charge is 2.21. The van der Waals surface area contributed by atoms with Crippen molar-refractivity contribution in [1.82, 2.24) is 9.88 Å². The van der Waals surface area contributed by atoms with Gasteiger partial charge >= 0.3 is 0 Å². The third-order valence-corrected chi connectivity index (χ3v) is 7.11. The van der Waals surface area contributed by atoms with E-state index >= 15 is 0 Å². The molecule has 2 heterocycles. The quantitative estimate of drug-likeness (QED) is 0.393. The Labute approximate surface area is 191 Å². The third-order valence-electron chi connectivity index (χ3n) is 4.85. The number of aromatic nitrogens is 1. The van der Waals surface area contributed by atoms with Gasteiger partial charge in [-0.15, -0.1) is 24.2 Å². The molecule has 1 aliphatic rings. The summed E-state index contributed by atoms with van der Waals surface area (Å²) in [6, 6.07) is 12.0. The molecule has 148 valence electrons. The molecule has 0 amide bonds. The van der Waals surface area contributed by atoms with Crippen molar-refractivity contribution in [2.75, 3.05) is 13.1 Å². The summed E-state index contributed by atoms with van der Waals surface area (Å²) in [4.78, 5) is 7.79. The molecular formula is C21H20Cl4N2S. The van der Waals surface area contributed by atoms with Crippen molar-refractivity contribution in [3.8, 4) is 0 Å². The molecular weight excluding hydrogens is 454 g/mol. The second-order valence-corrected chi connectivity index (χ2v) is 9.50. The first kappa shape index (κ1) is 22.0. The van der Waals surface area contributed by atoms with Crippen molar-refractivity contribution in [1.29, 1.82) is 0 Å². The lowest BCUT2D eigenvalue weighted by molar-refractivity contribution is 0.225. The Hall–Kier alpha value is -0.680. The van der Waals surface area contributed by atoms with Gasteiger partial charge in [0.05, 0.1) is 5.02 Å². The van der Waals surface area contributed by atoms with E-state index in [9.17, 15) is 0 Å². The first-order valence-corrected chi connectivity index (χ1v) is 11.0. The SMILES string of the molecule is Cl.Clc1cc(Cl)cc(CN2CCC(Sc3cc4ccncc4cc3Cl)CC2)c1. The minimum absolute atomic E-state index is 0. The zero-order chi connectivity index (χ0) is 18.8. The van der Waals surface area contributed by atoms with Gasteiger partial charge in [0.25, 0.3) is 0 Å². The van der Waals surface area contributed by atoms with E-state index in [1.54, 1.807) is 6.07 Å². The molecule has 0 aliphatic carbocycles. The summed E-state index contributed by atoms with van der Waals surface area (Å²) in [6.45, 7) is 3.02. The maximum absolute atomic E-state index is 6.50. The van der Waals surface area contributed by atoms with Crippen molar-refractivity contribution in [3.63, 3.8) is 0 Å². The van der Waals surface area contributed by atoms with E-state index in [0.29, 0.717) is 15.3 Å². The Morgan fingerprint density at radius 1 is 0.964 bits per heavy atom. The standard InChI is InChI=1S/C21H19Cl3N2S.ClH/c22-17-7-14(8-18(23)11-17)13-26-5-2-19(3-6-26)27-21-10-15-1-4-25-12-16(15)9-20(21)24;/h1,4,7-12,19H,2-3,5-6,13H2;1H. The fraction of sp³-hybridized carbons (Fsp3) is 0.286. The molecule has 2 aromatic carbocycles. The van der Waals surface area contributed by atoms with E-state index in [1.165, 1.54) is 10.9 Å². The van der Waals surface area contributed by atoms with Crippen LogP contribution in [0.1, 0.15) is 18.4 Å². The van der Waals surface area contributed by atoms with Crippen LogP contribution in [0.2, 0.25) is 15.1 Å². The minimum atomic E-state index is 0. The van der Waals surface area contributed by atoms with Gasteiger partial charge < -0.3 is 0 Å². The zero-order valence-electron chi connectivity index (χ0n) is 15.1. The third kappa shape index (κ3) is 5.47. The Balaban J connectivity index is 0.00000225. The number of hydrogen-bond donors (Lipinski definition) is 0. The number of benzene rings is 2. The highest BCUT2D eigenvalue weighted by atomic mass is 35.5. The smallest absolute Gasteiger partial charge is 0.0548 e. The normalized spacial score (nSPS) is 15.5. The lowest BCUT2D eigenvalue weighted by Crippen LogP contribution is -2.34. The lowest BCUT2D eigenvalue weighted by Gasteiger charge is -2.32. The molecule has 1 fully saturated rings. The predicted molar refractivity (Wildman–Crippen MR) is 125 cm³/mol. The molecule has 3 aromatic rings. The molecule has 0 unspecified atom stereocenters. The first-order chi connectivity index (χ1) is 13.1. The summed E-state index contributed by atoms with van der Waals surface area (Å²) in [5.41, 5.74) is 1.17. The number of likely N-dealkylation sites (tertiary alicyclic amines) is 1. The van der Waals surface area contributed by atoms with Crippen LogP contribution in [0.4, 0.5) is 0 Å². The molecule has 1 saturated heterocycles. The van der Waals surface area contributed by atoms with Crippen LogP contribution in [-0.4, -0.2) is 28.2 Å². The minimum Gasteiger partial charge on any atom is -0.299 e. The topological polar surface area (TPSA) is 16.1 Å². The second-order valence-electron chi connectivity index (χ2n) is 6.88. The largest absolute Gasteiger partial charge is 0.299 e. The molecule has 0 spiro atoms. The number of thioether (sulfide) groups is 1. The zero-order valence-corrected chi connectivity index (χ0v) is 19.0. The van der Waals surface area contributed by atoms with Gasteiger partial charge in [-0.3, -0.25) is 9.88 Å². The average Bonchev–Trinajstić information content (AvgIpc) is 2.63. The molecule has 0 saturated carbocycles. The number of hydrogen-bond acceptors (Lipinski definition) is 3. The van der Waals surface area contributed by atoms with E-state index in [4.69, 9.17) is 34.8 Å². The molecule has 2 nitrogen and oxygen atoms in total. The van der Waals surface area contributed by atoms with Crippen LogP contribution in [0, 0.1) is 0 Å². The van der Waals surface area contributed by atoms with Gasteiger partial charge in [-0.05, 0) is 73.3 Å². The molecule has 0 bridgehead atoms. The monoisotopic (exact) mass is 472 g/mol. The van der Waals surface area contributed by atoms with Crippen LogP contribution < -0.4 is 0 Å². The Morgan fingerprint density at radius 2 is 1.68 bits per heavy atom. The van der Waals surface area contributed by atoms with Crippen LogP contribution in [0.3, 0.4) is 0 Å². The van der Waals surface area contributed by atoms with Crippen molar-refractivity contribution in [3.05, 3.63) is 69.4 Å². The first-order valence-electron chi connectivity index (χ1n) is 8.94. The maximum atomic E-state index is 6.50. The number of fused-ring (bicyclic) bond motifs is 1. The van der Waals surface area contributed by atoms with E-state index in [1.807, 2.05) is 48.4 Å². The Kier molecular flexibility index (Phi) is 7.77. The number of nitrogens with zero attached hydrogens (tertiary/aromatic N) is 2. The van der Waals surface area contributed by atoms with Gasteiger partial charge in [0.1, 0.15) is 0 Å². The van der Waals surface area contributed by atoms with E-state index in [2.05, 4.69) is 16.0 Å². The van der Waals surface area contributed by atoms with Gasteiger partial charge in [-0.2, -0.15) is 0 Å². The summed E-state index contributed by atoms with van der Waals surface area (Å²) in [6.07, 6.45) is 5.97. The number of halogens is 4.